The van der Waals surface area contributed by atoms with Gasteiger partial charge in [-0.3, -0.25) is 5.10 Å². The molecule has 1 aromatic carbocycles. The number of fused-ring (bicyclic) bond motifs is 1. The third-order valence-corrected chi connectivity index (χ3v) is 4.88. The van der Waals surface area contributed by atoms with Gasteiger partial charge in [0.1, 0.15) is 5.82 Å². The number of hydrogen-bond donors (Lipinski definition) is 2. The summed E-state index contributed by atoms with van der Waals surface area (Å²) in [6.07, 6.45) is 7.60. The standard InChI is InChI=1S/C17H22N4/c1-2-5-12(6-3-1)16-19-17(21-20-16)15-8-4-7-13-11-18-10-9-14(13)15/h4,7-8,12,18H,1-3,5-6,9-11H2,(H,19,20,21). The summed E-state index contributed by atoms with van der Waals surface area (Å²) in [5, 5.41) is 11.1. The first-order chi connectivity index (χ1) is 10.4. The molecule has 0 unspecified atom stereocenters. The smallest absolute Gasteiger partial charge is 0.181 e. The van der Waals surface area contributed by atoms with Crippen molar-refractivity contribution in [3.63, 3.8) is 0 Å². The van der Waals surface area contributed by atoms with E-state index in [4.69, 9.17) is 4.98 Å². The van der Waals surface area contributed by atoms with Crippen molar-refractivity contribution in [1.82, 2.24) is 20.5 Å². The zero-order valence-electron chi connectivity index (χ0n) is 12.4. The van der Waals surface area contributed by atoms with Crippen molar-refractivity contribution in [2.45, 2.75) is 51.0 Å². The first-order valence-corrected chi connectivity index (χ1v) is 8.16. The topological polar surface area (TPSA) is 53.6 Å². The summed E-state index contributed by atoms with van der Waals surface area (Å²) >= 11 is 0. The number of aromatic amines is 1. The lowest BCUT2D eigenvalue weighted by atomic mass is 9.89. The first kappa shape index (κ1) is 13.0. The number of hydrogen-bond acceptors (Lipinski definition) is 3. The van der Waals surface area contributed by atoms with Gasteiger partial charge in [-0.05, 0) is 36.9 Å². The van der Waals surface area contributed by atoms with Gasteiger partial charge < -0.3 is 5.32 Å². The van der Waals surface area contributed by atoms with Crippen LogP contribution in [-0.2, 0) is 13.0 Å². The summed E-state index contributed by atoms with van der Waals surface area (Å²) in [5.41, 5.74) is 4.03. The molecular weight excluding hydrogens is 260 g/mol. The Morgan fingerprint density at radius 1 is 1.10 bits per heavy atom. The Morgan fingerprint density at radius 3 is 2.90 bits per heavy atom. The van der Waals surface area contributed by atoms with Gasteiger partial charge in [-0.15, -0.1) is 0 Å². The molecule has 0 spiro atoms. The van der Waals surface area contributed by atoms with E-state index >= 15 is 0 Å². The molecule has 4 heteroatoms. The SMILES string of the molecule is c1cc2c(c(-c3n[nH]c(C4CCCCC4)n3)c1)CCNC2. The highest BCUT2D eigenvalue weighted by molar-refractivity contribution is 5.62. The van der Waals surface area contributed by atoms with Crippen LogP contribution in [0.4, 0.5) is 0 Å². The first-order valence-electron chi connectivity index (χ1n) is 8.16. The van der Waals surface area contributed by atoms with Crippen LogP contribution in [0.2, 0.25) is 0 Å². The van der Waals surface area contributed by atoms with Crippen LogP contribution >= 0.6 is 0 Å². The molecule has 2 heterocycles. The number of H-pyrrole nitrogens is 1. The lowest BCUT2D eigenvalue weighted by molar-refractivity contribution is 0.429. The second-order valence-electron chi connectivity index (χ2n) is 6.25. The predicted molar refractivity (Wildman–Crippen MR) is 83.1 cm³/mol. The van der Waals surface area contributed by atoms with Crippen LogP contribution in [0.5, 0.6) is 0 Å². The Bertz CT molecular complexity index is 625. The lowest BCUT2D eigenvalue weighted by Gasteiger charge is -2.19. The Kier molecular flexibility index (Phi) is 3.47. The van der Waals surface area contributed by atoms with Crippen molar-refractivity contribution >= 4 is 0 Å². The molecule has 2 aliphatic rings. The molecule has 110 valence electrons. The maximum absolute atomic E-state index is 4.83. The molecule has 0 atom stereocenters. The molecule has 0 saturated heterocycles. The van der Waals surface area contributed by atoms with Gasteiger partial charge in [0.2, 0.25) is 0 Å². The molecule has 2 aromatic rings. The van der Waals surface area contributed by atoms with Gasteiger partial charge >= 0.3 is 0 Å². The maximum atomic E-state index is 4.83. The molecule has 1 aliphatic heterocycles. The average Bonchev–Trinajstić information content (AvgIpc) is 3.05. The van der Waals surface area contributed by atoms with E-state index < -0.39 is 0 Å². The quantitative estimate of drug-likeness (QED) is 0.889. The molecule has 21 heavy (non-hydrogen) atoms. The molecular formula is C17H22N4. The summed E-state index contributed by atoms with van der Waals surface area (Å²) in [4.78, 5) is 4.83. The lowest BCUT2D eigenvalue weighted by Crippen LogP contribution is -2.24. The minimum Gasteiger partial charge on any atom is -0.312 e. The van der Waals surface area contributed by atoms with Crippen LogP contribution < -0.4 is 5.32 Å². The zero-order chi connectivity index (χ0) is 14.1. The van der Waals surface area contributed by atoms with E-state index in [0.717, 1.165) is 31.2 Å². The normalized spacial score (nSPS) is 19.4. The monoisotopic (exact) mass is 282 g/mol. The van der Waals surface area contributed by atoms with Crippen molar-refractivity contribution in [2.24, 2.45) is 0 Å². The Labute approximate surface area is 125 Å². The van der Waals surface area contributed by atoms with E-state index in [-0.39, 0.29) is 0 Å². The minimum atomic E-state index is 0.584. The fraction of sp³-hybridized carbons (Fsp3) is 0.529. The average molecular weight is 282 g/mol. The fourth-order valence-corrected chi connectivity index (χ4v) is 3.69. The summed E-state index contributed by atoms with van der Waals surface area (Å²) in [6, 6.07) is 6.50. The van der Waals surface area contributed by atoms with Crippen molar-refractivity contribution in [3.8, 4) is 11.4 Å². The molecule has 1 aromatic heterocycles. The van der Waals surface area contributed by atoms with E-state index in [1.165, 1.54) is 48.8 Å². The van der Waals surface area contributed by atoms with Gasteiger partial charge in [0.15, 0.2) is 5.82 Å². The summed E-state index contributed by atoms with van der Waals surface area (Å²) in [6.45, 7) is 2.01. The van der Waals surface area contributed by atoms with Crippen molar-refractivity contribution < 1.29 is 0 Å². The van der Waals surface area contributed by atoms with Gasteiger partial charge in [-0.2, -0.15) is 5.10 Å². The Balaban J connectivity index is 1.66. The van der Waals surface area contributed by atoms with Crippen LogP contribution in [0, 0.1) is 0 Å². The van der Waals surface area contributed by atoms with E-state index in [9.17, 15) is 0 Å². The van der Waals surface area contributed by atoms with Crippen molar-refractivity contribution in [1.29, 1.82) is 0 Å². The second-order valence-corrected chi connectivity index (χ2v) is 6.25. The number of aromatic nitrogens is 3. The van der Waals surface area contributed by atoms with Gasteiger partial charge in [0, 0.05) is 18.0 Å². The van der Waals surface area contributed by atoms with Crippen LogP contribution in [0.15, 0.2) is 18.2 Å². The number of rotatable bonds is 2. The number of benzene rings is 1. The van der Waals surface area contributed by atoms with E-state index in [2.05, 4.69) is 33.7 Å². The highest BCUT2D eigenvalue weighted by atomic mass is 15.2. The molecule has 2 N–H and O–H groups in total. The highest BCUT2D eigenvalue weighted by Gasteiger charge is 2.21. The largest absolute Gasteiger partial charge is 0.312 e. The predicted octanol–water partition coefficient (Wildman–Crippen LogP) is 3.17. The van der Waals surface area contributed by atoms with E-state index in [1.807, 2.05) is 0 Å². The van der Waals surface area contributed by atoms with Crippen molar-refractivity contribution in [2.75, 3.05) is 6.54 Å². The van der Waals surface area contributed by atoms with Crippen LogP contribution in [-0.4, -0.2) is 21.7 Å². The van der Waals surface area contributed by atoms with Crippen molar-refractivity contribution in [3.05, 3.63) is 35.2 Å². The maximum Gasteiger partial charge on any atom is 0.181 e. The van der Waals surface area contributed by atoms with Gasteiger partial charge in [0.25, 0.3) is 0 Å². The Hall–Kier alpha value is -1.68. The summed E-state index contributed by atoms with van der Waals surface area (Å²) < 4.78 is 0. The second kappa shape index (κ2) is 5.60. The number of nitrogens with one attached hydrogen (secondary N) is 2. The van der Waals surface area contributed by atoms with Gasteiger partial charge in [-0.25, -0.2) is 4.98 Å². The van der Waals surface area contributed by atoms with Gasteiger partial charge in [0.05, 0.1) is 0 Å². The summed E-state index contributed by atoms with van der Waals surface area (Å²) in [7, 11) is 0. The fourth-order valence-electron chi connectivity index (χ4n) is 3.69. The van der Waals surface area contributed by atoms with Crippen LogP contribution in [0.25, 0.3) is 11.4 Å². The Morgan fingerprint density at radius 2 is 2.00 bits per heavy atom. The molecule has 1 aliphatic carbocycles. The molecule has 0 bridgehead atoms. The van der Waals surface area contributed by atoms with Gasteiger partial charge in [-0.1, -0.05) is 37.5 Å². The molecule has 4 nitrogen and oxygen atoms in total. The molecule has 1 fully saturated rings. The zero-order valence-corrected chi connectivity index (χ0v) is 12.4. The third-order valence-electron chi connectivity index (χ3n) is 4.88. The van der Waals surface area contributed by atoms with E-state index in [0.29, 0.717) is 5.92 Å². The molecule has 0 amide bonds. The number of nitrogens with zero attached hydrogens (tertiary/aromatic N) is 2. The van der Waals surface area contributed by atoms with Crippen LogP contribution in [0.1, 0.15) is 55.0 Å². The molecule has 4 rings (SSSR count). The molecule has 0 radical (unpaired) electrons. The molecule has 1 saturated carbocycles. The minimum absolute atomic E-state index is 0.584. The van der Waals surface area contributed by atoms with Crippen LogP contribution in [0.3, 0.4) is 0 Å². The third kappa shape index (κ3) is 2.48. The highest BCUT2D eigenvalue weighted by Crippen LogP contribution is 2.32. The summed E-state index contributed by atoms with van der Waals surface area (Å²) in [5.74, 6) is 2.56. The van der Waals surface area contributed by atoms with E-state index in [1.54, 1.807) is 0 Å².